The molecule has 9 nitrogen and oxygen atoms in total. The van der Waals surface area contributed by atoms with E-state index in [1.165, 1.54) is 51.7 Å². The second kappa shape index (κ2) is 13.9. The number of carbonyl (C=O) groups excluding carboxylic acids is 2. The van der Waals surface area contributed by atoms with Gasteiger partial charge in [-0.3, -0.25) is 9.59 Å². The molecule has 39 heavy (non-hydrogen) atoms. The molecule has 0 aromatic heterocycles. The Morgan fingerprint density at radius 3 is 2.00 bits per heavy atom. The molecule has 0 spiro atoms. The van der Waals surface area contributed by atoms with Gasteiger partial charge in [0, 0.05) is 29.0 Å². The molecule has 4 rings (SSSR count). The highest BCUT2D eigenvalue weighted by Crippen LogP contribution is 2.40. The number of ether oxygens (including phenoxy) is 3. The van der Waals surface area contributed by atoms with Gasteiger partial charge in [-0.05, 0) is 24.3 Å². The van der Waals surface area contributed by atoms with Gasteiger partial charge in [-0.25, -0.2) is 8.42 Å². The van der Waals surface area contributed by atoms with Crippen molar-refractivity contribution in [3.05, 3.63) is 94.5 Å². The zero-order valence-electron chi connectivity index (χ0n) is 22.6. The van der Waals surface area contributed by atoms with E-state index >= 15 is 0 Å². The lowest BCUT2D eigenvalue weighted by Crippen LogP contribution is -2.19. The number of carbonyl (C=O) groups is 2. The highest BCUT2D eigenvalue weighted by Gasteiger charge is 2.28. The Morgan fingerprint density at radius 2 is 1.46 bits per heavy atom. The van der Waals surface area contributed by atoms with Gasteiger partial charge in [0.1, 0.15) is 0 Å². The van der Waals surface area contributed by atoms with Crippen molar-refractivity contribution in [1.29, 1.82) is 0 Å². The molecule has 0 unspecified atom stereocenters. The maximum absolute atomic E-state index is 12.5. The molecule has 0 bridgehead atoms. The summed E-state index contributed by atoms with van der Waals surface area (Å²) >= 11 is 0. The molecule has 204 valence electrons. The number of fused-ring (bicyclic) bond motifs is 1. The van der Waals surface area contributed by atoms with Crippen LogP contribution in [0, 0.1) is 0 Å². The molecule has 0 saturated heterocycles. The van der Waals surface area contributed by atoms with Gasteiger partial charge in [-0.2, -0.15) is 4.79 Å². The average molecular weight is 551 g/mol. The van der Waals surface area contributed by atoms with Crippen LogP contribution in [0.3, 0.4) is 0 Å². The fourth-order valence-corrected chi connectivity index (χ4v) is 4.62. The van der Waals surface area contributed by atoms with Crippen LogP contribution in [0.1, 0.15) is 45.7 Å². The molecule has 3 aromatic rings. The van der Waals surface area contributed by atoms with Crippen molar-refractivity contribution < 1.29 is 37.0 Å². The largest absolute Gasteiger partial charge is 0.493 e. The van der Waals surface area contributed by atoms with Crippen molar-refractivity contribution in [3.63, 3.8) is 0 Å². The molecule has 0 N–H and O–H groups in total. The van der Waals surface area contributed by atoms with E-state index in [2.05, 4.69) is 4.79 Å². The quantitative estimate of drug-likeness (QED) is 0.241. The summed E-state index contributed by atoms with van der Waals surface area (Å²) in [6, 6.07) is 16.8. The fraction of sp³-hybridized carbons (Fsp3) is 0.207. The molecule has 3 aromatic carbocycles. The molecule has 1 aliphatic rings. The van der Waals surface area contributed by atoms with Gasteiger partial charge in [-0.1, -0.05) is 56.3 Å². The summed E-state index contributed by atoms with van der Waals surface area (Å²) in [7, 11) is 1.15. The van der Waals surface area contributed by atoms with Crippen LogP contribution in [0.15, 0.2) is 71.6 Å². The number of benzene rings is 3. The van der Waals surface area contributed by atoms with Crippen LogP contribution in [0.5, 0.6) is 17.2 Å². The lowest BCUT2D eigenvalue weighted by molar-refractivity contribution is -0.00436. The minimum atomic E-state index is -3.40. The van der Waals surface area contributed by atoms with Gasteiger partial charge < -0.3 is 19.7 Å². The predicted octanol–water partition coefficient (Wildman–Crippen LogP) is 4.94. The second-order valence-corrected chi connectivity index (χ2v) is 9.70. The smallest absolute Gasteiger partial charge is 0.362 e. The maximum Gasteiger partial charge on any atom is 0.362 e. The summed E-state index contributed by atoms with van der Waals surface area (Å²) in [5.41, 5.74) is 10.1. The van der Waals surface area contributed by atoms with Crippen molar-refractivity contribution in [3.8, 4) is 17.2 Å². The molecule has 0 aliphatic heterocycles. The molecule has 10 heteroatoms. The molecule has 0 radical (unpaired) electrons. The monoisotopic (exact) mass is 550 g/mol. The Morgan fingerprint density at radius 1 is 0.821 bits per heavy atom. The van der Waals surface area contributed by atoms with Gasteiger partial charge >= 0.3 is 5.71 Å². The van der Waals surface area contributed by atoms with Gasteiger partial charge in [-0.15, -0.1) is 0 Å². The Bertz CT molecular complexity index is 1540. The number of ketones is 2. The van der Waals surface area contributed by atoms with Crippen LogP contribution in [-0.4, -0.2) is 58.1 Å². The van der Waals surface area contributed by atoms with E-state index < -0.39 is 15.6 Å². The van der Waals surface area contributed by atoms with E-state index in [1.54, 1.807) is 24.3 Å². The summed E-state index contributed by atoms with van der Waals surface area (Å²) in [5, 5.41) is 0. The van der Waals surface area contributed by atoms with E-state index in [4.69, 9.17) is 19.7 Å². The number of hydrogen-bond donors (Lipinski definition) is 0. The Kier molecular flexibility index (Phi) is 10.9. The third-order valence-electron chi connectivity index (χ3n) is 5.44. The van der Waals surface area contributed by atoms with Crippen molar-refractivity contribution in [2.75, 3.05) is 27.6 Å². The maximum atomic E-state index is 12.5. The molecule has 0 atom stereocenters. The number of rotatable bonds is 6. The van der Waals surface area contributed by atoms with Crippen LogP contribution in [-0.2, 0) is 9.84 Å². The predicted molar refractivity (Wildman–Crippen MR) is 149 cm³/mol. The summed E-state index contributed by atoms with van der Waals surface area (Å²) in [5.74, 6) is 0.699. The van der Waals surface area contributed by atoms with Gasteiger partial charge in [0.2, 0.25) is 5.75 Å². The van der Waals surface area contributed by atoms with E-state index in [0.29, 0.717) is 33.9 Å². The third-order valence-corrected chi connectivity index (χ3v) is 6.60. The fourth-order valence-electron chi connectivity index (χ4n) is 3.72. The lowest BCUT2D eigenvalue weighted by Gasteiger charge is -2.15. The molecule has 0 saturated carbocycles. The van der Waals surface area contributed by atoms with Crippen LogP contribution < -0.4 is 14.2 Å². The molecular formula is C29H30N2O7S. The molecule has 0 fully saturated rings. The number of hydrogen-bond acceptors (Lipinski definition) is 7. The molecular weight excluding hydrogens is 520 g/mol. The average Bonchev–Trinajstić information content (AvgIpc) is 2.97. The molecule has 1 aliphatic carbocycles. The summed E-state index contributed by atoms with van der Waals surface area (Å²) < 4.78 is 38.9. The topological polar surface area (TPSA) is 132 Å². The Labute approximate surface area is 228 Å². The van der Waals surface area contributed by atoms with E-state index in [1.807, 2.05) is 32.0 Å². The first-order valence-corrected chi connectivity index (χ1v) is 13.7. The Balaban J connectivity index is 0.000000260. The van der Waals surface area contributed by atoms with Crippen LogP contribution in [0.2, 0.25) is 0 Å². The third kappa shape index (κ3) is 6.87. The van der Waals surface area contributed by atoms with Crippen molar-refractivity contribution in [1.82, 2.24) is 0 Å². The normalized spacial score (nSPS) is 11.5. The van der Waals surface area contributed by atoms with E-state index in [-0.39, 0.29) is 22.0 Å². The van der Waals surface area contributed by atoms with Crippen molar-refractivity contribution >= 4 is 33.2 Å². The van der Waals surface area contributed by atoms with E-state index in [9.17, 15) is 18.0 Å². The molecule has 0 heterocycles. The first-order chi connectivity index (χ1) is 18.7. The van der Waals surface area contributed by atoms with Crippen LogP contribution >= 0.6 is 0 Å². The number of sulfone groups is 1. The van der Waals surface area contributed by atoms with Crippen molar-refractivity contribution in [2.45, 2.75) is 18.7 Å². The van der Waals surface area contributed by atoms with Crippen molar-refractivity contribution in [2.24, 2.45) is 0 Å². The zero-order chi connectivity index (χ0) is 29.2. The van der Waals surface area contributed by atoms with Gasteiger partial charge in [0.05, 0.1) is 31.8 Å². The number of allylic oxidation sites excluding steroid dienone is 1. The summed E-state index contributed by atoms with van der Waals surface area (Å²) in [6.45, 7) is 4.00. The standard InChI is InChI=1S/C16H16O4.C11H8N2O3S.C2H6/c1-18-13-10-9-12(15(19-2)16(13)20-3)14(17)11-7-5-4-6-8-11;1-17(15,16)10-4-2-3-8-7(10)5-6-9(13-12)11(8)14;1-2/h4-10H,1-3H3;2-6H,1H3;1-2H3. The molecule has 0 amide bonds. The second-order valence-electron chi connectivity index (χ2n) is 7.71. The highest BCUT2D eigenvalue weighted by atomic mass is 32.2. The van der Waals surface area contributed by atoms with E-state index in [0.717, 1.165) is 6.26 Å². The minimum Gasteiger partial charge on any atom is -0.493 e. The summed E-state index contributed by atoms with van der Waals surface area (Å²) in [4.78, 5) is 27.3. The van der Waals surface area contributed by atoms with Crippen LogP contribution in [0.4, 0.5) is 0 Å². The lowest BCUT2D eigenvalue weighted by atomic mass is 9.95. The summed E-state index contributed by atoms with van der Waals surface area (Å²) in [6.07, 6.45) is 3.83. The SMILES string of the molecule is CC.COc1ccc(C(=O)c2ccccc2)c(OC)c1OC.CS(=O)(=O)c1cccc2c1C=CC(=[N+]=[N-])C2=O. The first kappa shape index (κ1) is 30.7. The zero-order valence-corrected chi connectivity index (χ0v) is 23.4. The minimum absolute atomic E-state index is 0.0941. The van der Waals surface area contributed by atoms with Gasteiger partial charge in [0.15, 0.2) is 27.1 Å². The highest BCUT2D eigenvalue weighted by molar-refractivity contribution is 7.90. The number of Topliss-reactive ketones (excluding diaryl/α,β-unsaturated/α-hetero) is 1. The van der Waals surface area contributed by atoms with Crippen LogP contribution in [0.25, 0.3) is 11.6 Å². The van der Waals surface area contributed by atoms with Gasteiger partial charge in [0.25, 0.3) is 5.78 Å². The number of methoxy groups -OCH3 is 3. The number of nitrogens with zero attached hydrogens (tertiary/aromatic N) is 2. The first-order valence-electron chi connectivity index (χ1n) is 11.8. The Hall–Kier alpha value is -4.53.